The van der Waals surface area contributed by atoms with Crippen molar-refractivity contribution in [3.05, 3.63) is 24.8 Å². The topological polar surface area (TPSA) is 0 Å². The molecule has 13 heavy (non-hydrogen) atoms. The Morgan fingerprint density at radius 1 is 1.62 bits per heavy atom. The third-order valence-electron chi connectivity index (χ3n) is 1.64. The van der Waals surface area contributed by atoms with Crippen LogP contribution in [0.25, 0.3) is 6.08 Å². The van der Waals surface area contributed by atoms with E-state index in [4.69, 9.17) is 11.6 Å². The second-order valence-electron chi connectivity index (χ2n) is 2.56. The highest BCUT2D eigenvalue weighted by atomic mass is 79.9. The Balaban J connectivity index is 2.89. The van der Waals surface area contributed by atoms with Crippen molar-refractivity contribution in [2.75, 3.05) is 5.88 Å². The third-order valence-corrected chi connectivity index (χ3v) is 5.18. The van der Waals surface area contributed by atoms with E-state index in [2.05, 4.69) is 50.9 Å². The van der Waals surface area contributed by atoms with E-state index in [0.29, 0.717) is 5.88 Å². The summed E-state index contributed by atoms with van der Waals surface area (Å²) in [4.78, 5) is 1.23. The number of halogens is 3. The van der Waals surface area contributed by atoms with Crippen molar-refractivity contribution in [2.24, 2.45) is 0 Å². The first-order chi connectivity index (χ1) is 6.17. The van der Waals surface area contributed by atoms with E-state index in [9.17, 15) is 0 Å². The van der Waals surface area contributed by atoms with E-state index >= 15 is 0 Å². The standard InChI is InChI=1S/C9H9Br2ClS/c1-2-6(5-12)3-7-4-8(10)9(11)13-7/h3-4H,2,5H2,1H3. The predicted molar refractivity (Wildman–Crippen MR) is 68.7 cm³/mol. The minimum atomic E-state index is 0.615. The molecule has 0 radical (unpaired) electrons. The maximum absolute atomic E-state index is 5.78. The average Bonchev–Trinajstić information content (AvgIpc) is 2.42. The molecule has 0 aromatic carbocycles. The molecule has 4 heteroatoms. The van der Waals surface area contributed by atoms with E-state index in [-0.39, 0.29) is 0 Å². The van der Waals surface area contributed by atoms with Crippen LogP contribution in [0.4, 0.5) is 0 Å². The van der Waals surface area contributed by atoms with Crippen LogP contribution < -0.4 is 0 Å². The molecule has 72 valence electrons. The second-order valence-corrected chi connectivity index (χ2v) is 6.08. The lowest BCUT2D eigenvalue weighted by molar-refractivity contribution is 1.12. The van der Waals surface area contributed by atoms with Crippen molar-refractivity contribution < 1.29 is 0 Å². The molecule has 0 nitrogen and oxygen atoms in total. The normalized spacial score (nSPS) is 12.2. The first-order valence-corrected chi connectivity index (χ1v) is 6.81. The minimum absolute atomic E-state index is 0.615. The summed E-state index contributed by atoms with van der Waals surface area (Å²) in [6, 6.07) is 2.09. The largest absolute Gasteiger partial charge is 0.128 e. The molecule has 0 fully saturated rings. The molecule has 0 amide bonds. The van der Waals surface area contributed by atoms with Crippen molar-refractivity contribution in [3.63, 3.8) is 0 Å². The van der Waals surface area contributed by atoms with Gasteiger partial charge in [-0.05, 0) is 50.4 Å². The van der Waals surface area contributed by atoms with Gasteiger partial charge in [-0.3, -0.25) is 0 Å². The van der Waals surface area contributed by atoms with Crippen LogP contribution in [0.5, 0.6) is 0 Å². The van der Waals surface area contributed by atoms with Gasteiger partial charge in [0.05, 0.1) is 3.79 Å². The number of thiophene rings is 1. The molecule has 0 aliphatic rings. The molecular formula is C9H9Br2ClS. The highest BCUT2D eigenvalue weighted by Crippen LogP contribution is 2.33. The summed E-state index contributed by atoms with van der Waals surface area (Å²) < 4.78 is 2.23. The predicted octanol–water partition coefficient (Wildman–Crippen LogP) is 5.31. The molecule has 1 aromatic heterocycles. The maximum atomic E-state index is 5.78. The lowest BCUT2D eigenvalue weighted by Gasteiger charge is -1.95. The molecule has 0 atom stereocenters. The van der Waals surface area contributed by atoms with Crippen molar-refractivity contribution in [1.29, 1.82) is 0 Å². The van der Waals surface area contributed by atoms with Gasteiger partial charge in [-0.15, -0.1) is 22.9 Å². The van der Waals surface area contributed by atoms with Gasteiger partial charge in [0.1, 0.15) is 0 Å². The SMILES string of the molecule is CCC(=Cc1cc(Br)c(Br)s1)CCl. The number of alkyl halides is 1. The molecule has 0 unspecified atom stereocenters. The van der Waals surface area contributed by atoms with Crippen LogP contribution in [-0.4, -0.2) is 5.88 Å². The van der Waals surface area contributed by atoms with E-state index in [0.717, 1.165) is 14.7 Å². The van der Waals surface area contributed by atoms with Crippen LogP contribution in [0.3, 0.4) is 0 Å². The Bertz CT molecular complexity index is 292. The number of hydrogen-bond donors (Lipinski definition) is 0. The molecule has 1 heterocycles. The first kappa shape index (κ1) is 11.8. The Labute approximate surface area is 104 Å². The molecule has 0 spiro atoms. The maximum Gasteiger partial charge on any atom is 0.0846 e. The lowest BCUT2D eigenvalue weighted by atomic mass is 10.2. The van der Waals surface area contributed by atoms with Crippen LogP contribution in [0.15, 0.2) is 19.9 Å². The summed E-state index contributed by atoms with van der Waals surface area (Å²) in [7, 11) is 0. The van der Waals surface area contributed by atoms with Gasteiger partial charge < -0.3 is 0 Å². The highest BCUT2D eigenvalue weighted by Gasteiger charge is 2.02. The van der Waals surface area contributed by atoms with Crippen molar-refractivity contribution >= 4 is 60.9 Å². The van der Waals surface area contributed by atoms with Gasteiger partial charge in [0, 0.05) is 15.2 Å². The van der Waals surface area contributed by atoms with Crippen LogP contribution in [0, 0.1) is 0 Å². The van der Waals surface area contributed by atoms with E-state index in [1.165, 1.54) is 10.5 Å². The Hall–Kier alpha value is 0.690. The van der Waals surface area contributed by atoms with Gasteiger partial charge in [0.15, 0.2) is 0 Å². The fraction of sp³-hybridized carbons (Fsp3) is 0.333. The molecule has 0 bridgehead atoms. The minimum Gasteiger partial charge on any atom is -0.128 e. The van der Waals surface area contributed by atoms with Crippen molar-refractivity contribution in [3.8, 4) is 0 Å². The zero-order valence-electron chi connectivity index (χ0n) is 7.11. The van der Waals surface area contributed by atoms with E-state index in [1.54, 1.807) is 11.3 Å². The zero-order chi connectivity index (χ0) is 9.84. The summed E-state index contributed by atoms with van der Waals surface area (Å²) >= 11 is 14.4. The Morgan fingerprint density at radius 3 is 2.69 bits per heavy atom. The molecule has 0 N–H and O–H groups in total. The summed E-state index contributed by atoms with van der Waals surface area (Å²) in [6.07, 6.45) is 3.16. The smallest absolute Gasteiger partial charge is 0.0846 e. The van der Waals surface area contributed by atoms with Crippen LogP contribution in [0.1, 0.15) is 18.2 Å². The van der Waals surface area contributed by atoms with Gasteiger partial charge in [-0.1, -0.05) is 12.5 Å². The molecule has 1 aromatic rings. The van der Waals surface area contributed by atoms with Gasteiger partial charge >= 0.3 is 0 Å². The number of rotatable bonds is 3. The summed E-state index contributed by atoms with van der Waals surface area (Å²) in [5, 5.41) is 0. The quantitative estimate of drug-likeness (QED) is 0.652. The highest BCUT2D eigenvalue weighted by molar-refractivity contribution is 9.13. The van der Waals surface area contributed by atoms with Crippen LogP contribution in [0.2, 0.25) is 0 Å². The van der Waals surface area contributed by atoms with Crippen molar-refractivity contribution in [1.82, 2.24) is 0 Å². The first-order valence-electron chi connectivity index (χ1n) is 3.87. The zero-order valence-corrected chi connectivity index (χ0v) is 11.9. The fourth-order valence-electron chi connectivity index (χ4n) is 0.871. The summed E-state index contributed by atoms with van der Waals surface area (Å²) in [5.74, 6) is 0.615. The second kappa shape index (κ2) is 5.54. The summed E-state index contributed by atoms with van der Waals surface area (Å²) in [6.45, 7) is 2.12. The average molecular weight is 344 g/mol. The molecule has 1 rings (SSSR count). The molecular weight excluding hydrogens is 335 g/mol. The van der Waals surface area contributed by atoms with E-state index < -0.39 is 0 Å². The van der Waals surface area contributed by atoms with Gasteiger partial charge in [-0.2, -0.15) is 0 Å². The third kappa shape index (κ3) is 3.39. The summed E-state index contributed by atoms with van der Waals surface area (Å²) in [5.41, 5.74) is 1.27. The Kier molecular flexibility index (Phi) is 5.01. The van der Waals surface area contributed by atoms with Gasteiger partial charge in [0.2, 0.25) is 0 Å². The van der Waals surface area contributed by atoms with Gasteiger partial charge in [-0.25, -0.2) is 0 Å². The van der Waals surface area contributed by atoms with Gasteiger partial charge in [0.25, 0.3) is 0 Å². The van der Waals surface area contributed by atoms with Crippen molar-refractivity contribution in [2.45, 2.75) is 13.3 Å². The fourth-order valence-corrected chi connectivity index (χ4v) is 3.22. The molecule has 0 saturated heterocycles. The molecule has 0 saturated carbocycles. The van der Waals surface area contributed by atoms with E-state index in [1.807, 2.05) is 0 Å². The monoisotopic (exact) mass is 342 g/mol. The molecule has 0 aliphatic heterocycles. The molecule has 0 aliphatic carbocycles. The Morgan fingerprint density at radius 2 is 2.31 bits per heavy atom. The van der Waals surface area contributed by atoms with Crippen LogP contribution in [-0.2, 0) is 0 Å². The number of hydrogen-bond acceptors (Lipinski definition) is 1. The number of allylic oxidation sites excluding steroid dienone is 1. The lowest BCUT2D eigenvalue weighted by Crippen LogP contribution is -1.79. The van der Waals surface area contributed by atoms with Crippen LogP contribution >= 0.6 is 54.8 Å².